The van der Waals surface area contributed by atoms with Crippen molar-refractivity contribution in [1.82, 2.24) is 14.3 Å². The summed E-state index contributed by atoms with van der Waals surface area (Å²) < 4.78 is 114. The van der Waals surface area contributed by atoms with Crippen LogP contribution in [0.4, 0.5) is 27.5 Å². The number of sulfonamides is 1. The first kappa shape index (κ1) is 37.6. The molecule has 1 saturated heterocycles. The van der Waals surface area contributed by atoms with E-state index in [0.29, 0.717) is 35.4 Å². The van der Waals surface area contributed by atoms with Gasteiger partial charge in [-0.1, -0.05) is 6.07 Å². The predicted molar refractivity (Wildman–Crippen MR) is 180 cm³/mol. The minimum Gasteiger partial charge on any atom is -0.497 e. The molecule has 2 heterocycles. The van der Waals surface area contributed by atoms with Crippen LogP contribution in [-0.4, -0.2) is 68.3 Å². The van der Waals surface area contributed by atoms with Crippen molar-refractivity contribution in [2.45, 2.75) is 50.2 Å². The zero-order chi connectivity index (χ0) is 37.1. The van der Waals surface area contributed by atoms with E-state index in [4.69, 9.17) is 18.9 Å². The second-order valence-electron chi connectivity index (χ2n) is 12.7. The van der Waals surface area contributed by atoms with Gasteiger partial charge in [0.25, 0.3) is 10.0 Å². The third-order valence-electron chi connectivity index (χ3n) is 8.14. The predicted octanol–water partition coefficient (Wildman–Crippen LogP) is 6.93. The van der Waals surface area contributed by atoms with Crippen molar-refractivity contribution in [1.29, 1.82) is 0 Å². The van der Waals surface area contributed by atoms with Gasteiger partial charge in [-0.2, -0.15) is 4.37 Å². The van der Waals surface area contributed by atoms with Crippen LogP contribution in [0.5, 0.6) is 17.2 Å². The number of methoxy groups -OCH3 is 2. The highest BCUT2D eigenvalue weighted by Gasteiger charge is 2.36. The molecule has 1 fully saturated rings. The Balaban J connectivity index is 1.42. The fourth-order valence-electron chi connectivity index (χ4n) is 5.68. The number of hydrogen-bond acceptors (Lipinski definition) is 10. The summed E-state index contributed by atoms with van der Waals surface area (Å²) >= 11 is 0.733. The fraction of sp³-hybridized carbons (Fsp3) is 0.382. The Morgan fingerprint density at radius 1 is 0.961 bits per heavy atom. The summed E-state index contributed by atoms with van der Waals surface area (Å²) in [7, 11) is -1.95. The Bertz CT molecular complexity index is 1980. The number of hydrogen-bond donors (Lipinski definition) is 0. The van der Waals surface area contributed by atoms with E-state index in [2.05, 4.69) is 9.36 Å². The molecule has 0 bridgehead atoms. The molecule has 2 atom stereocenters. The Morgan fingerprint density at radius 3 is 2.37 bits per heavy atom. The summed E-state index contributed by atoms with van der Waals surface area (Å²) in [6.45, 7) is 4.75. The number of piperidine rings is 1. The van der Waals surface area contributed by atoms with E-state index in [9.17, 15) is 22.0 Å². The van der Waals surface area contributed by atoms with Crippen molar-refractivity contribution >= 4 is 32.8 Å². The lowest BCUT2D eigenvalue weighted by molar-refractivity contribution is 0.0109. The average Bonchev–Trinajstić information content (AvgIpc) is 3.62. The summed E-state index contributed by atoms with van der Waals surface area (Å²) in [6, 6.07) is 9.31. The largest absolute Gasteiger partial charge is 0.497 e. The van der Waals surface area contributed by atoms with Gasteiger partial charge >= 0.3 is 6.09 Å². The third kappa shape index (κ3) is 8.64. The molecule has 1 aliphatic heterocycles. The lowest BCUT2D eigenvalue weighted by Gasteiger charge is -2.39. The molecule has 0 radical (unpaired) electrons. The topological polar surface area (TPSA) is 120 Å². The minimum atomic E-state index is -4.79. The second kappa shape index (κ2) is 15.3. The number of aromatic nitrogens is 2. The monoisotopic (exact) mass is 752 g/mol. The van der Waals surface area contributed by atoms with E-state index in [1.54, 1.807) is 39.0 Å². The van der Waals surface area contributed by atoms with Crippen molar-refractivity contribution < 1.29 is 49.7 Å². The van der Waals surface area contributed by atoms with Crippen LogP contribution in [0.15, 0.2) is 59.8 Å². The molecule has 1 aromatic heterocycles. The molecule has 0 unspecified atom stereocenters. The van der Waals surface area contributed by atoms with Crippen molar-refractivity contribution in [2.24, 2.45) is 5.92 Å². The zero-order valence-electron chi connectivity index (χ0n) is 28.4. The van der Waals surface area contributed by atoms with Crippen LogP contribution < -0.4 is 18.5 Å². The van der Waals surface area contributed by atoms with Crippen molar-refractivity contribution in [3.8, 4) is 17.2 Å². The van der Waals surface area contributed by atoms with Crippen LogP contribution in [0.3, 0.4) is 0 Å². The van der Waals surface area contributed by atoms with E-state index in [1.165, 1.54) is 25.2 Å². The van der Waals surface area contributed by atoms with Crippen LogP contribution in [0.2, 0.25) is 0 Å². The number of likely N-dealkylation sites (tertiary alicyclic amines) is 1. The molecule has 0 aliphatic carbocycles. The molecule has 1 amide bonds. The third-order valence-corrected chi connectivity index (χ3v) is 10.7. The second-order valence-corrected chi connectivity index (χ2v) is 15.3. The molecule has 274 valence electrons. The first-order valence-corrected chi connectivity index (χ1v) is 17.9. The number of ether oxygens (including phenoxy) is 4. The molecule has 4 aromatic rings. The van der Waals surface area contributed by atoms with Gasteiger partial charge in [0, 0.05) is 54.3 Å². The van der Waals surface area contributed by atoms with E-state index in [1.807, 2.05) is 0 Å². The van der Waals surface area contributed by atoms with Crippen LogP contribution in [-0.2, 0) is 21.3 Å². The minimum absolute atomic E-state index is 0.0424. The Labute approximate surface area is 296 Å². The molecule has 17 heteroatoms. The number of carbonyl (C=O) groups excluding carboxylic acids is 1. The van der Waals surface area contributed by atoms with Crippen molar-refractivity contribution in [3.05, 3.63) is 89.3 Å². The molecule has 11 nitrogen and oxygen atoms in total. The van der Waals surface area contributed by atoms with E-state index >= 15 is 8.78 Å². The van der Waals surface area contributed by atoms with E-state index in [-0.39, 0.29) is 37.1 Å². The molecule has 0 saturated carbocycles. The molecule has 1 aliphatic rings. The van der Waals surface area contributed by atoms with Crippen LogP contribution >= 0.6 is 11.5 Å². The van der Waals surface area contributed by atoms with E-state index in [0.717, 1.165) is 34.3 Å². The number of anilines is 1. The van der Waals surface area contributed by atoms with Crippen LogP contribution in [0.1, 0.15) is 44.2 Å². The van der Waals surface area contributed by atoms with E-state index < -0.39 is 67.5 Å². The highest BCUT2D eigenvalue weighted by Crippen LogP contribution is 2.37. The smallest absolute Gasteiger partial charge is 0.410 e. The summed E-state index contributed by atoms with van der Waals surface area (Å²) in [5.41, 5.74) is 0.0286. The summed E-state index contributed by atoms with van der Waals surface area (Å²) in [5, 5.41) is -0.108. The Morgan fingerprint density at radius 2 is 1.73 bits per heavy atom. The van der Waals surface area contributed by atoms with Gasteiger partial charge in [0.05, 0.1) is 27.4 Å². The first-order chi connectivity index (χ1) is 24.1. The van der Waals surface area contributed by atoms with Gasteiger partial charge in [0.1, 0.15) is 34.1 Å². The van der Waals surface area contributed by atoms with Gasteiger partial charge in [-0.25, -0.2) is 40.1 Å². The van der Waals surface area contributed by atoms with Crippen molar-refractivity contribution in [2.75, 3.05) is 38.2 Å². The van der Waals surface area contributed by atoms with Gasteiger partial charge in [-0.15, -0.1) is 0 Å². The SMILES string of the molecule is COc1ccc(CN(c2ncns2)S(=O)(=O)c2cc(F)c(OC[C@@H]3CN(C(=O)OC(C)(C)C)CC[C@H]3c3ccc(F)c(F)c3)cc2F)c(OC)c1. The molecule has 0 spiro atoms. The zero-order valence-corrected chi connectivity index (χ0v) is 30.0. The van der Waals surface area contributed by atoms with Gasteiger partial charge < -0.3 is 23.8 Å². The maximum absolute atomic E-state index is 15.8. The highest BCUT2D eigenvalue weighted by atomic mass is 32.2. The lowest BCUT2D eigenvalue weighted by Crippen LogP contribution is -2.46. The van der Waals surface area contributed by atoms with Crippen LogP contribution in [0.25, 0.3) is 0 Å². The maximum Gasteiger partial charge on any atom is 0.410 e. The summed E-state index contributed by atoms with van der Waals surface area (Å²) in [5.74, 6) is -5.49. The molecule has 5 rings (SSSR count). The van der Waals surface area contributed by atoms with Gasteiger partial charge in [-0.3, -0.25) is 0 Å². The number of nitrogens with zero attached hydrogens (tertiary/aromatic N) is 4. The number of carbonyl (C=O) groups is 1. The van der Waals surface area contributed by atoms with Gasteiger partial charge in [0.2, 0.25) is 5.13 Å². The molecular formula is C34H36F4N4O7S2. The Hall–Kier alpha value is -4.64. The lowest BCUT2D eigenvalue weighted by atomic mass is 9.81. The molecule has 3 aromatic carbocycles. The van der Waals surface area contributed by atoms with Gasteiger partial charge in [-0.05, 0) is 62.9 Å². The maximum atomic E-state index is 15.8. The number of benzene rings is 3. The number of halogens is 4. The Kier molecular flexibility index (Phi) is 11.3. The highest BCUT2D eigenvalue weighted by molar-refractivity contribution is 7.93. The fourth-order valence-corrected chi connectivity index (χ4v) is 7.87. The summed E-state index contributed by atoms with van der Waals surface area (Å²) in [4.78, 5) is 17.3. The van der Waals surface area contributed by atoms with Gasteiger partial charge in [0.15, 0.2) is 23.2 Å². The molecular weight excluding hydrogens is 717 g/mol. The number of amides is 1. The standard InChI is InChI=1S/C34H36F4N4O7S2/c1-34(2,3)49-33(43)41-11-10-24(20-7-9-25(35)26(36)12-20)22(16-41)18-48-30-14-28(38)31(15-27(30)37)51(44,45)42(32-39-19-40-50-32)17-21-6-8-23(46-4)13-29(21)47-5/h6-9,12-15,19,22,24H,10-11,16-18H2,1-5H3/t22-,24-/m0/s1. The average molecular weight is 753 g/mol. The normalized spacial score (nSPS) is 16.5. The molecule has 51 heavy (non-hydrogen) atoms. The van der Waals surface area contributed by atoms with Crippen molar-refractivity contribution in [3.63, 3.8) is 0 Å². The van der Waals surface area contributed by atoms with Crippen LogP contribution in [0, 0.1) is 29.2 Å². The quantitative estimate of drug-likeness (QED) is 0.150. The first-order valence-electron chi connectivity index (χ1n) is 15.7. The molecule has 0 N–H and O–H groups in total. The summed E-state index contributed by atoms with van der Waals surface area (Å²) in [6.07, 6.45) is 0.840. The number of rotatable bonds is 11.